The number of nitrogens with zero attached hydrogens (tertiary/aromatic N) is 2. The molecule has 0 aromatic heterocycles. The molecule has 1 atom stereocenters. The van der Waals surface area contributed by atoms with Crippen molar-refractivity contribution in [1.29, 1.82) is 0 Å². The summed E-state index contributed by atoms with van der Waals surface area (Å²) < 4.78 is 0. The fourth-order valence-electron chi connectivity index (χ4n) is 11.6. The molecule has 8 aromatic rings. The van der Waals surface area contributed by atoms with Gasteiger partial charge in [0.2, 0.25) is 0 Å². The van der Waals surface area contributed by atoms with Gasteiger partial charge < -0.3 is 9.80 Å². The lowest BCUT2D eigenvalue weighted by Crippen LogP contribution is -2.30. The Kier molecular flexibility index (Phi) is 7.19. The van der Waals surface area contributed by atoms with E-state index in [0.29, 0.717) is 0 Å². The Hall–Kier alpha value is -6.64. The van der Waals surface area contributed by atoms with E-state index in [1.807, 2.05) is 0 Å². The van der Waals surface area contributed by atoms with E-state index in [4.69, 9.17) is 0 Å². The van der Waals surface area contributed by atoms with E-state index < -0.39 is 0 Å². The minimum absolute atomic E-state index is 0.133. The maximum absolute atomic E-state index is 2.60. The summed E-state index contributed by atoms with van der Waals surface area (Å²) in [5.74, 6) is 0.195. The van der Waals surface area contributed by atoms with Gasteiger partial charge in [-0.2, -0.15) is 0 Å². The van der Waals surface area contributed by atoms with Crippen LogP contribution in [0.5, 0.6) is 0 Å². The molecule has 8 aromatic carbocycles. The molecular weight excluding hydrogens is 725 g/mol. The molecule has 1 aliphatic heterocycles. The van der Waals surface area contributed by atoms with Gasteiger partial charge in [0.15, 0.2) is 0 Å². The quantitative estimate of drug-likeness (QED) is 0.176. The average Bonchev–Trinajstić information content (AvgIpc) is 3.63. The monoisotopic (exact) mass is 772 g/mol. The second kappa shape index (κ2) is 12.2. The van der Waals surface area contributed by atoms with Gasteiger partial charge in [-0.3, -0.25) is 0 Å². The van der Waals surface area contributed by atoms with Crippen LogP contribution in [0.15, 0.2) is 176 Å². The smallest absolute Gasteiger partial charge is 0.0703 e. The third-order valence-corrected chi connectivity index (χ3v) is 14.7. The summed E-state index contributed by atoms with van der Waals surface area (Å²) in [5.41, 5.74) is 24.8. The SMILES string of the molecule is CC1(C)c2cc(N3c4ccccc4N(c4ccccc4)c4ccccc43)ccc2-c2cc3c(cc21)-c1cc2c(cc1C3(C)C)C(c1ccccc1)c1ccccc1C2(C)C. The Labute approximate surface area is 354 Å². The molecule has 0 spiro atoms. The van der Waals surface area contributed by atoms with E-state index in [0.717, 1.165) is 5.69 Å². The van der Waals surface area contributed by atoms with Gasteiger partial charge in [-0.25, -0.2) is 0 Å². The second-order valence-corrected chi connectivity index (χ2v) is 18.9. The Bertz CT molecular complexity index is 3030. The van der Waals surface area contributed by atoms with Crippen molar-refractivity contribution in [3.8, 4) is 22.3 Å². The summed E-state index contributed by atoms with van der Waals surface area (Å²) in [4.78, 5) is 4.86. The molecule has 0 bridgehead atoms. The van der Waals surface area contributed by atoms with Crippen molar-refractivity contribution in [3.05, 3.63) is 226 Å². The molecule has 2 nitrogen and oxygen atoms in total. The number of fused-ring (bicyclic) bond motifs is 10. The highest BCUT2D eigenvalue weighted by molar-refractivity contribution is 6.02. The van der Waals surface area contributed by atoms with Gasteiger partial charge in [0.1, 0.15) is 0 Å². The van der Waals surface area contributed by atoms with Crippen molar-refractivity contribution in [2.45, 2.75) is 63.7 Å². The van der Waals surface area contributed by atoms with Crippen molar-refractivity contribution in [2.75, 3.05) is 9.80 Å². The summed E-state index contributed by atoms with van der Waals surface area (Å²) in [6.45, 7) is 14.6. The maximum Gasteiger partial charge on any atom is 0.0703 e. The molecule has 12 rings (SSSR count). The minimum Gasteiger partial charge on any atom is -0.306 e. The Morgan fingerprint density at radius 2 is 0.750 bits per heavy atom. The third kappa shape index (κ3) is 4.65. The lowest BCUT2D eigenvalue weighted by molar-refractivity contribution is 0.593. The van der Waals surface area contributed by atoms with Crippen molar-refractivity contribution in [3.63, 3.8) is 0 Å². The fraction of sp³-hybridized carbons (Fsp3) is 0.172. The van der Waals surface area contributed by atoms with E-state index in [2.05, 4.69) is 227 Å². The molecule has 60 heavy (non-hydrogen) atoms. The predicted octanol–water partition coefficient (Wildman–Crippen LogP) is 15.4. The largest absolute Gasteiger partial charge is 0.306 e. The minimum atomic E-state index is -0.196. The zero-order valence-corrected chi connectivity index (χ0v) is 35.2. The molecule has 0 N–H and O–H groups in total. The van der Waals surface area contributed by atoms with Crippen LogP contribution in [-0.2, 0) is 16.2 Å². The van der Waals surface area contributed by atoms with Crippen LogP contribution in [0, 0.1) is 0 Å². The number of rotatable bonds is 3. The molecule has 0 radical (unpaired) electrons. The summed E-state index contributed by atoms with van der Waals surface area (Å²) in [7, 11) is 0. The summed E-state index contributed by atoms with van der Waals surface area (Å²) in [6, 6.07) is 66.3. The first-order chi connectivity index (χ1) is 29.0. The lowest BCUT2D eigenvalue weighted by Gasteiger charge is -2.40. The molecule has 0 saturated carbocycles. The highest BCUT2D eigenvalue weighted by Gasteiger charge is 2.45. The van der Waals surface area contributed by atoms with Crippen LogP contribution in [-0.4, -0.2) is 0 Å². The number of hydrogen-bond donors (Lipinski definition) is 0. The van der Waals surface area contributed by atoms with Gasteiger partial charge in [0, 0.05) is 33.5 Å². The van der Waals surface area contributed by atoms with Gasteiger partial charge in [0.05, 0.1) is 22.7 Å². The molecular formula is C58H48N2. The fourth-order valence-corrected chi connectivity index (χ4v) is 11.6. The van der Waals surface area contributed by atoms with Crippen LogP contribution in [0.2, 0.25) is 0 Å². The molecule has 0 amide bonds. The van der Waals surface area contributed by atoms with Crippen LogP contribution in [0.25, 0.3) is 22.3 Å². The number of benzene rings is 8. The van der Waals surface area contributed by atoms with Crippen LogP contribution in [0.4, 0.5) is 34.1 Å². The molecule has 0 saturated heterocycles. The molecule has 4 aliphatic rings. The maximum atomic E-state index is 2.60. The van der Waals surface area contributed by atoms with Crippen LogP contribution >= 0.6 is 0 Å². The zero-order chi connectivity index (χ0) is 40.7. The highest BCUT2D eigenvalue weighted by Crippen LogP contribution is 2.60. The third-order valence-electron chi connectivity index (χ3n) is 14.7. The van der Waals surface area contributed by atoms with E-state index in [-0.39, 0.29) is 22.2 Å². The summed E-state index contributed by atoms with van der Waals surface area (Å²) >= 11 is 0. The molecule has 1 heterocycles. The molecule has 290 valence electrons. The van der Waals surface area contributed by atoms with Gasteiger partial charge in [-0.1, -0.05) is 151 Å². The normalized spacial score (nSPS) is 17.7. The Morgan fingerprint density at radius 3 is 1.35 bits per heavy atom. The van der Waals surface area contributed by atoms with Crippen molar-refractivity contribution in [2.24, 2.45) is 0 Å². The van der Waals surface area contributed by atoms with Gasteiger partial charge in [-0.05, 0) is 139 Å². The van der Waals surface area contributed by atoms with E-state index in [9.17, 15) is 0 Å². The number of anilines is 6. The topological polar surface area (TPSA) is 6.48 Å². The van der Waals surface area contributed by atoms with Crippen molar-refractivity contribution in [1.82, 2.24) is 0 Å². The predicted molar refractivity (Wildman–Crippen MR) is 250 cm³/mol. The average molecular weight is 773 g/mol. The first-order valence-corrected chi connectivity index (χ1v) is 21.6. The van der Waals surface area contributed by atoms with E-state index >= 15 is 0 Å². The van der Waals surface area contributed by atoms with Crippen LogP contribution < -0.4 is 9.80 Å². The van der Waals surface area contributed by atoms with Gasteiger partial charge >= 0.3 is 0 Å². The molecule has 0 fully saturated rings. The Morgan fingerprint density at radius 1 is 0.317 bits per heavy atom. The highest BCUT2D eigenvalue weighted by atomic mass is 15.3. The van der Waals surface area contributed by atoms with Crippen molar-refractivity contribution < 1.29 is 0 Å². The van der Waals surface area contributed by atoms with E-state index in [1.165, 1.54) is 101 Å². The zero-order valence-electron chi connectivity index (χ0n) is 35.2. The van der Waals surface area contributed by atoms with Gasteiger partial charge in [0.25, 0.3) is 0 Å². The van der Waals surface area contributed by atoms with Crippen LogP contribution in [0.3, 0.4) is 0 Å². The molecule has 1 unspecified atom stereocenters. The summed E-state index contributed by atoms with van der Waals surface area (Å²) in [5, 5.41) is 0. The molecule has 2 heteroatoms. The standard InChI is InChI=1S/C58H48N2/c1-56(2)45-24-14-13-23-40(45)55(36-19-9-7-10-20-36)44-35-49-43(34-50(44)56)42-33-47-41(32-48(42)58(49,5)6)39-30-29-38(31-46(39)57(47,3)4)60-53-27-17-15-25-51(53)59(37-21-11-8-12-22-37)52-26-16-18-28-54(52)60/h7-35,55H,1-6H3. The number of hydrogen-bond acceptors (Lipinski definition) is 2. The molecule has 3 aliphatic carbocycles. The number of para-hydroxylation sites is 5. The first kappa shape index (κ1) is 35.3. The van der Waals surface area contributed by atoms with Gasteiger partial charge in [-0.15, -0.1) is 0 Å². The first-order valence-electron chi connectivity index (χ1n) is 21.6. The second-order valence-electron chi connectivity index (χ2n) is 18.9. The van der Waals surface area contributed by atoms with Crippen molar-refractivity contribution >= 4 is 34.1 Å². The Balaban J connectivity index is 0.998. The summed E-state index contributed by atoms with van der Waals surface area (Å²) in [6.07, 6.45) is 0. The van der Waals surface area contributed by atoms with Crippen LogP contribution in [0.1, 0.15) is 97.5 Å². The lowest BCUT2D eigenvalue weighted by atomic mass is 9.63. The van der Waals surface area contributed by atoms with E-state index in [1.54, 1.807) is 0 Å².